The number of hydrogen-bond donors (Lipinski definition) is 1. The van der Waals surface area contributed by atoms with Crippen LogP contribution >= 0.6 is 0 Å². The van der Waals surface area contributed by atoms with Crippen LogP contribution in [-0.4, -0.2) is 13.1 Å². The van der Waals surface area contributed by atoms with E-state index in [4.69, 9.17) is 0 Å². The van der Waals surface area contributed by atoms with Crippen molar-refractivity contribution in [2.75, 3.05) is 13.1 Å². The predicted octanol–water partition coefficient (Wildman–Crippen LogP) is 2.26. The Morgan fingerprint density at radius 3 is 3.08 bits per heavy atom. The predicted molar refractivity (Wildman–Crippen MR) is 52.1 cm³/mol. The minimum absolute atomic E-state index is 0.837. The van der Waals surface area contributed by atoms with Crippen molar-refractivity contribution in [1.82, 2.24) is 5.32 Å². The lowest BCUT2D eigenvalue weighted by Crippen LogP contribution is -2.30. The molecule has 1 aliphatic carbocycles. The Hall–Kier alpha value is -0.560. The van der Waals surface area contributed by atoms with E-state index >= 15 is 0 Å². The summed E-state index contributed by atoms with van der Waals surface area (Å²) >= 11 is 0. The molecule has 2 aliphatic rings. The molecule has 0 aromatic heterocycles. The van der Waals surface area contributed by atoms with Crippen LogP contribution in [-0.2, 0) is 0 Å². The molecule has 1 saturated heterocycles. The van der Waals surface area contributed by atoms with E-state index in [9.17, 15) is 0 Å². The maximum atomic E-state index is 3.47. The van der Waals surface area contributed by atoms with Gasteiger partial charge < -0.3 is 5.32 Å². The Labute approximate surface area is 74.5 Å². The highest BCUT2D eigenvalue weighted by Gasteiger charge is 2.16. The van der Waals surface area contributed by atoms with Crippen molar-refractivity contribution in [2.45, 2.75) is 25.7 Å². The Bertz CT molecular complexity index is 197. The molecule has 2 rings (SSSR count). The van der Waals surface area contributed by atoms with Gasteiger partial charge in [-0.2, -0.15) is 0 Å². The van der Waals surface area contributed by atoms with Gasteiger partial charge in [-0.05, 0) is 38.1 Å². The lowest BCUT2D eigenvalue weighted by atomic mass is 9.87. The van der Waals surface area contributed by atoms with Gasteiger partial charge >= 0.3 is 0 Å². The van der Waals surface area contributed by atoms with E-state index in [1.807, 2.05) is 0 Å². The first-order valence-corrected chi connectivity index (χ1v) is 5.03. The van der Waals surface area contributed by atoms with E-state index in [1.54, 1.807) is 5.57 Å². The van der Waals surface area contributed by atoms with E-state index in [2.05, 4.69) is 23.5 Å². The largest absolute Gasteiger partial charge is 0.316 e. The molecule has 1 unspecified atom stereocenters. The highest BCUT2D eigenvalue weighted by molar-refractivity contribution is 5.20. The molecule has 0 aromatic carbocycles. The van der Waals surface area contributed by atoms with Gasteiger partial charge in [0.25, 0.3) is 0 Å². The van der Waals surface area contributed by atoms with Crippen LogP contribution in [0.5, 0.6) is 0 Å². The third-order valence-corrected chi connectivity index (χ3v) is 2.87. The first kappa shape index (κ1) is 8.06. The Morgan fingerprint density at radius 1 is 1.42 bits per heavy atom. The second-order valence-electron chi connectivity index (χ2n) is 3.75. The molecular weight excluding hydrogens is 146 g/mol. The molecule has 1 heterocycles. The first-order valence-electron chi connectivity index (χ1n) is 5.03. The highest BCUT2D eigenvalue weighted by Crippen LogP contribution is 2.25. The molecule has 66 valence electrons. The zero-order valence-corrected chi connectivity index (χ0v) is 7.55. The highest BCUT2D eigenvalue weighted by atomic mass is 14.9. The van der Waals surface area contributed by atoms with Gasteiger partial charge in [-0.15, -0.1) is 0 Å². The monoisotopic (exact) mass is 163 g/mol. The van der Waals surface area contributed by atoms with E-state index in [-0.39, 0.29) is 0 Å². The molecule has 0 amide bonds. The van der Waals surface area contributed by atoms with Crippen LogP contribution in [0.1, 0.15) is 25.7 Å². The van der Waals surface area contributed by atoms with E-state index in [1.165, 1.54) is 38.8 Å². The number of hydrogen-bond acceptors (Lipinski definition) is 1. The van der Waals surface area contributed by atoms with Gasteiger partial charge in [0.05, 0.1) is 0 Å². The van der Waals surface area contributed by atoms with Crippen molar-refractivity contribution in [3.63, 3.8) is 0 Å². The molecule has 1 aliphatic heterocycles. The normalized spacial score (nSPS) is 30.0. The Balaban J connectivity index is 1.97. The van der Waals surface area contributed by atoms with Crippen molar-refractivity contribution in [1.29, 1.82) is 0 Å². The van der Waals surface area contributed by atoms with Crippen LogP contribution in [0.4, 0.5) is 0 Å². The summed E-state index contributed by atoms with van der Waals surface area (Å²) in [6, 6.07) is 0. The van der Waals surface area contributed by atoms with Crippen molar-refractivity contribution < 1.29 is 0 Å². The third kappa shape index (κ3) is 1.78. The molecule has 1 N–H and O–H groups in total. The average Bonchev–Trinajstić information content (AvgIpc) is 2.21. The summed E-state index contributed by atoms with van der Waals surface area (Å²) < 4.78 is 0. The minimum Gasteiger partial charge on any atom is -0.316 e. The Morgan fingerprint density at radius 2 is 2.42 bits per heavy atom. The van der Waals surface area contributed by atoms with Gasteiger partial charge in [0.1, 0.15) is 0 Å². The fraction of sp³-hybridized carbons (Fsp3) is 0.636. The molecule has 0 bridgehead atoms. The summed E-state index contributed by atoms with van der Waals surface area (Å²) in [5, 5.41) is 3.47. The molecular formula is C11H17N. The molecule has 0 radical (unpaired) electrons. The van der Waals surface area contributed by atoms with Gasteiger partial charge in [0, 0.05) is 6.54 Å². The maximum absolute atomic E-state index is 3.47. The van der Waals surface area contributed by atoms with Gasteiger partial charge in [-0.1, -0.05) is 23.8 Å². The van der Waals surface area contributed by atoms with Crippen molar-refractivity contribution >= 4 is 0 Å². The SMILES string of the molecule is C1=CCCC(C2CCCNC2)=C1. The van der Waals surface area contributed by atoms with Crippen LogP contribution < -0.4 is 5.32 Å². The topological polar surface area (TPSA) is 12.0 Å². The summed E-state index contributed by atoms with van der Waals surface area (Å²) in [5.41, 5.74) is 1.67. The standard InChI is InChI=1S/C11H17N/c1-2-5-10(6-3-1)11-7-4-8-12-9-11/h1-2,5,11-12H,3-4,6-9H2. The number of piperidine rings is 1. The molecule has 0 saturated carbocycles. The molecule has 12 heavy (non-hydrogen) atoms. The van der Waals surface area contributed by atoms with Crippen molar-refractivity contribution in [3.8, 4) is 0 Å². The van der Waals surface area contributed by atoms with Crippen molar-refractivity contribution in [3.05, 3.63) is 23.8 Å². The molecule has 1 atom stereocenters. The van der Waals surface area contributed by atoms with E-state index in [0.717, 1.165) is 5.92 Å². The van der Waals surface area contributed by atoms with Crippen LogP contribution in [0.25, 0.3) is 0 Å². The fourth-order valence-corrected chi connectivity index (χ4v) is 2.13. The summed E-state index contributed by atoms with van der Waals surface area (Å²) in [6.07, 6.45) is 12.1. The van der Waals surface area contributed by atoms with Gasteiger partial charge in [0.2, 0.25) is 0 Å². The van der Waals surface area contributed by atoms with E-state index in [0.29, 0.717) is 0 Å². The van der Waals surface area contributed by atoms with Crippen molar-refractivity contribution in [2.24, 2.45) is 5.92 Å². The summed E-state index contributed by atoms with van der Waals surface area (Å²) in [6.45, 7) is 2.43. The number of nitrogens with one attached hydrogen (secondary N) is 1. The summed E-state index contributed by atoms with van der Waals surface area (Å²) in [4.78, 5) is 0. The summed E-state index contributed by atoms with van der Waals surface area (Å²) in [5.74, 6) is 0.837. The summed E-state index contributed by atoms with van der Waals surface area (Å²) in [7, 11) is 0. The lowest BCUT2D eigenvalue weighted by molar-refractivity contribution is 0.413. The fourth-order valence-electron chi connectivity index (χ4n) is 2.13. The quantitative estimate of drug-likeness (QED) is 0.625. The Kier molecular flexibility index (Phi) is 2.62. The van der Waals surface area contributed by atoms with Crippen LogP contribution in [0.15, 0.2) is 23.8 Å². The molecule has 0 spiro atoms. The zero-order chi connectivity index (χ0) is 8.23. The molecule has 1 nitrogen and oxygen atoms in total. The third-order valence-electron chi connectivity index (χ3n) is 2.87. The van der Waals surface area contributed by atoms with Gasteiger partial charge in [0.15, 0.2) is 0 Å². The minimum atomic E-state index is 0.837. The number of allylic oxidation sites excluding steroid dienone is 3. The molecule has 1 heteroatoms. The van der Waals surface area contributed by atoms with Gasteiger partial charge in [-0.25, -0.2) is 0 Å². The maximum Gasteiger partial charge on any atom is 0.00170 e. The molecule has 0 aromatic rings. The molecule has 1 fully saturated rings. The van der Waals surface area contributed by atoms with Gasteiger partial charge in [-0.3, -0.25) is 0 Å². The lowest BCUT2D eigenvalue weighted by Gasteiger charge is -2.26. The van der Waals surface area contributed by atoms with E-state index < -0.39 is 0 Å². The zero-order valence-electron chi connectivity index (χ0n) is 7.55. The van der Waals surface area contributed by atoms with Crippen LogP contribution in [0, 0.1) is 5.92 Å². The smallest absolute Gasteiger partial charge is 0.00170 e. The second kappa shape index (κ2) is 3.90. The average molecular weight is 163 g/mol. The number of rotatable bonds is 1. The van der Waals surface area contributed by atoms with Crippen LogP contribution in [0.3, 0.4) is 0 Å². The second-order valence-corrected chi connectivity index (χ2v) is 3.75. The van der Waals surface area contributed by atoms with Crippen LogP contribution in [0.2, 0.25) is 0 Å². The first-order chi connectivity index (χ1) is 5.97.